The number of hydrogen-bond acceptors (Lipinski definition) is 2. The Morgan fingerprint density at radius 3 is 2.76 bits per heavy atom. The monoisotopic (exact) mass is 331 g/mol. The summed E-state index contributed by atoms with van der Waals surface area (Å²) in [6.45, 7) is 7.86. The second-order valence-electron chi connectivity index (χ2n) is 7.35. The molecule has 1 fully saturated rings. The van der Waals surface area contributed by atoms with Gasteiger partial charge in [0, 0.05) is 43.1 Å². The van der Waals surface area contributed by atoms with Crippen molar-refractivity contribution in [1.82, 2.24) is 9.47 Å². The zero-order chi connectivity index (χ0) is 16.8. The van der Waals surface area contributed by atoms with Crippen LogP contribution in [0.2, 0.25) is 0 Å². The molecule has 1 atom stereocenters. The van der Waals surface area contributed by atoms with Crippen LogP contribution >= 0.6 is 0 Å². The highest BCUT2D eigenvalue weighted by atomic mass is 15.3. The van der Waals surface area contributed by atoms with Crippen molar-refractivity contribution in [3.63, 3.8) is 0 Å². The number of benzene rings is 2. The topological polar surface area (TPSA) is 11.4 Å². The van der Waals surface area contributed by atoms with E-state index >= 15 is 0 Å². The molecular formula is C22H25N3. The summed E-state index contributed by atoms with van der Waals surface area (Å²) in [5.41, 5.74) is 5.70. The Kier molecular flexibility index (Phi) is 3.56. The first-order valence-electron chi connectivity index (χ1n) is 9.50. The highest BCUT2D eigenvalue weighted by molar-refractivity contribution is 5.82. The lowest BCUT2D eigenvalue weighted by atomic mass is 10.1. The molecule has 25 heavy (non-hydrogen) atoms. The van der Waals surface area contributed by atoms with Gasteiger partial charge in [0.1, 0.15) is 0 Å². The van der Waals surface area contributed by atoms with E-state index < -0.39 is 0 Å². The van der Waals surface area contributed by atoms with Gasteiger partial charge < -0.3 is 9.47 Å². The van der Waals surface area contributed by atoms with E-state index in [4.69, 9.17) is 0 Å². The summed E-state index contributed by atoms with van der Waals surface area (Å²) in [6.07, 6.45) is 1.23. The lowest BCUT2D eigenvalue weighted by Gasteiger charge is -2.42. The quantitative estimate of drug-likeness (QED) is 0.694. The zero-order valence-electron chi connectivity index (χ0n) is 14.9. The van der Waals surface area contributed by atoms with Gasteiger partial charge in [-0.3, -0.25) is 4.90 Å². The molecule has 0 N–H and O–H groups in total. The summed E-state index contributed by atoms with van der Waals surface area (Å²) in [5, 5.41) is 1.37. The van der Waals surface area contributed by atoms with Crippen LogP contribution in [0.25, 0.3) is 10.9 Å². The van der Waals surface area contributed by atoms with Crippen LogP contribution in [0.15, 0.2) is 54.6 Å². The number of anilines is 1. The highest BCUT2D eigenvalue weighted by Crippen LogP contribution is 2.39. The standard InChI is InChI=1S/C22H25N3/c1-2-11-23-12-13-24-20-10-6-4-8-18(20)15-25-19-9-5-3-7-17(19)14-21(25)22(24)16-23/h3-10,14,22H,2,11-13,15-16H2,1H3. The first kappa shape index (κ1) is 15.0. The van der Waals surface area contributed by atoms with Crippen LogP contribution in [0.1, 0.15) is 30.6 Å². The first-order chi connectivity index (χ1) is 12.3. The number of piperazine rings is 1. The van der Waals surface area contributed by atoms with E-state index in [-0.39, 0.29) is 0 Å². The summed E-state index contributed by atoms with van der Waals surface area (Å²) < 4.78 is 2.55. The van der Waals surface area contributed by atoms with Gasteiger partial charge in [-0.05, 0) is 42.1 Å². The van der Waals surface area contributed by atoms with Crippen molar-refractivity contribution in [2.45, 2.75) is 25.9 Å². The van der Waals surface area contributed by atoms with Gasteiger partial charge in [-0.15, -0.1) is 0 Å². The second-order valence-corrected chi connectivity index (χ2v) is 7.35. The average Bonchev–Trinajstić information content (AvgIpc) is 2.95. The fourth-order valence-corrected chi connectivity index (χ4v) is 4.68. The van der Waals surface area contributed by atoms with Gasteiger partial charge in [-0.25, -0.2) is 0 Å². The largest absolute Gasteiger partial charge is 0.360 e. The molecule has 2 aliphatic rings. The Labute approximate surface area is 149 Å². The molecule has 3 heteroatoms. The van der Waals surface area contributed by atoms with Crippen LogP contribution in [0.5, 0.6) is 0 Å². The molecule has 1 unspecified atom stereocenters. The Bertz CT molecular complexity index is 911. The zero-order valence-corrected chi connectivity index (χ0v) is 14.9. The SMILES string of the molecule is CCCN1CCN2c3ccccc3Cn3c(cc4ccccc43)C2C1. The van der Waals surface area contributed by atoms with Gasteiger partial charge in [0.2, 0.25) is 0 Å². The summed E-state index contributed by atoms with van der Waals surface area (Å²) in [4.78, 5) is 5.29. The van der Waals surface area contributed by atoms with Crippen LogP contribution in [-0.2, 0) is 6.54 Å². The van der Waals surface area contributed by atoms with Crippen molar-refractivity contribution in [2.75, 3.05) is 31.1 Å². The molecule has 2 aromatic carbocycles. The molecule has 1 aromatic heterocycles. The maximum atomic E-state index is 2.65. The van der Waals surface area contributed by atoms with Crippen LogP contribution in [-0.4, -0.2) is 35.6 Å². The number of hydrogen-bond donors (Lipinski definition) is 0. The van der Waals surface area contributed by atoms with Crippen LogP contribution in [0, 0.1) is 0 Å². The van der Waals surface area contributed by atoms with Gasteiger partial charge >= 0.3 is 0 Å². The highest BCUT2D eigenvalue weighted by Gasteiger charge is 2.34. The second kappa shape index (κ2) is 5.92. The number of nitrogens with zero attached hydrogens (tertiary/aromatic N) is 3. The van der Waals surface area contributed by atoms with Gasteiger partial charge in [0.05, 0.1) is 6.04 Å². The number of para-hydroxylation sites is 2. The van der Waals surface area contributed by atoms with Crippen molar-refractivity contribution < 1.29 is 0 Å². The summed E-state index contributed by atoms with van der Waals surface area (Å²) in [6, 6.07) is 20.7. The molecule has 0 spiro atoms. The minimum absolute atomic E-state index is 0.441. The van der Waals surface area contributed by atoms with Gasteiger partial charge in [-0.1, -0.05) is 43.3 Å². The molecule has 0 radical (unpaired) electrons. The smallest absolute Gasteiger partial charge is 0.0821 e. The third kappa shape index (κ3) is 2.37. The van der Waals surface area contributed by atoms with E-state index in [1.807, 2.05) is 0 Å². The van der Waals surface area contributed by atoms with Crippen LogP contribution < -0.4 is 4.90 Å². The first-order valence-corrected chi connectivity index (χ1v) is 9.50. The third-order valence-corrected chi connectivity index (χ3v) is 5.82. The maximum Gasteiger partial charge on any atom is 0.0821 e. The van der Waals surface area contributed by atoms with Crippen molar-refractivity contribution in [3.8, 4) is 0 Å². The van der Waals surface area contributed by atoms with Crippen LogP contribution in [0.4, 0.5) is 5.69 Å². The molecule has 3 nitrogen and oxygen atoms in total. The fraction of sp³-hybridized carbons (Fsp3) is 0.364. The summed E-state index contributed by atoms with van der Waals surface area (Å²) in [7, 11) is 0. The van der Waals surface area contributed by atoms with E-state index in [1.54, 1.807) is 0 Å². The molecule has 3 aromatic rings. The van der Waals surface area contributed by atoms with Gasteiger partial charge in [0.15, 0.2) is 0 Å². The molecule has 0 saturated carbocycles. The molecule has 2 aliphatic heterocycles. The maximum absolute atomic E-state index is 2.65. The van der Waals surface area contributed by atoms with Crippen molar-refractivity contribution >= 4 is 16.6 Å². The van der Waals surface area contributed by atoms with E-state index in [9.17, 15) is 0 Å². The molecule has 128 valence electrons. The molecular weight excluding hydrogens is 306 g/mol. The summed E-state index contributed by atoms with van der Waals surface area (Å²) in [5.74, 6) is 0. The lowest BCUT2D eigenvalue weighted by Crippen LogP contribution is -2.48. The average molecular weight is 331 g/mol. The third-order valence-electron chi connectivity index (χ3n) is 5.82. The molecule has 5 rings (SSSR count). The Hall–Kier alpha value is -2.26. The minimum Gasteiger partial charge on any atom is -0.360 e. The van der Waals surface area contributed by atoms with Crippen molar-refractivity contribution in [1.29, 1.82) is 0 Å². The van der Waals surface area contributed by atoms with E-state index in [0.717, 1.165) is 19.6 Å². The summed E-state index contributed by atoms with van der Waals surface area (Å²) >= 11 is 0. The normalized spacial score (nSPS) is 20.0. The minimum atomic E-state index is 0.441. The molecule has 0 aliphatic carbocycles. The molecule has 0 bridgehead atoms. The lowest BCUT2D eigenvalue weighted by molar-refractivity contribution is 0.221. The van der Waals surface area contributed by atoms with E-state index in [1.165, 1.54) is 47.4 Å². The fourth-order valence-electron chi connectivity index (χ4n) is 4.68. The van der Waals surface area contributed by atoms with E-state index in [2.05, 4.69) is 75.9 Å². The number of aromatic nitrogens is 1. The molecule has 1 saturated heterocycles. The van der Waals surface area contributed by atoms with Crippen molar-refractivity contribution in [2.24, 2.45) is 0 Å². The predicted octanol–water partition coefficient (Wildman–Crippen LogP) is 4.28. The Balaban J connectivity index is 1.69. The van der Waals surface area contributed by atoms with Gasteiger partial charge in [-0.2, -0.15) is 0 Å². The van der Waals surface area contributed by atoms with Crippen molar-refractivity contribution in [3.05, 3.63) is 65.9 Å². The predicted molar refractivity (Wildman–Crippen MR) is 104 cm³/mol. The Morgan fingerprint density at radius 1 is 1.00 bits per heavy atom. The van der Waals surface area contributed by atoms with E-state index in [0.29, 0.717) is 6.04 Å². The van der Waals surface area contributed by atoms with Crippen LogP contribution in [0.3, 0.4) is 0 Å². The molecule has 0 amide bonds. The van der Waals surface area contributed by atoms with Gasteiger partial charge in [0.25, 0.3) is 0 Å². The molecule has 3 heterocycles. The Morgan fingerprint density at radius 2 is 1.84 bits per heavy atom. The number of fused-ring (bicyclic) bond motifs is 7. The number of rotatable bonds is 2.